The zero-order chi connectivity index (χ0) is 10.2. The van der Waals surface area contributed by atoms with Crippen LogP contribution in [0, 0.1) is 0 Å². The lowest BCUT2D eigenvalue weighted by atomic mass is 10.0. The van der Waals surface area contributed by atoms with E-state index >= 15 is 0 Å². The van der Waals surface area contributed by atoms with Gasteiger partial charge in [-0.3, -0.25) is 5.32 Å². The second-order valence-electron chi connectivity index (χ2n) is 5.26. The Balaban J connectivity index is 2.01. The van der Waals surface area contributed by atoms with E-state index in [-0.39, 0.29) is 11.3 Å². The third-order valence-electron chi connectivity index (χ3n) is 3.11. The molecule has 2 atom stereocenters. The van der Waals surface area contributed by atoms with Crippen molar-refractivity contribution >= 4 is 11.8 Å². The Labute approximate surface area is 91.2 Å². The highest BCUT2D eigenvalue weighted by molar-refractivity contribution is 8.00. The molecule has 0 aliphatic carbocycles. The predicted molar refractivity (Wildman–Crippen MR) is 61.7 cm³/mol. The second-order valence-corrected chi connectivity index (χ2v) is 6.57. The van der Waals surface area contributed by atoms with Gasteiger partial charge in [0.2, 0.25) is 0 Å². The highest BCUT2D eigenvalue weighted by Gasteiger charge is 2.45. The first-order chi connectivity index (χ1) is 6.52. The van der Waals surface area contributed by atoms with Crippen LogP contribution >= 0.6 is 11.8 Å². The van der Waals surface area contributed by atoms with Crippen molar-refractivity contribution in [2.75, 3.05) is 12.4 Å². The zero-order valence-electron chi connectivity index (χ0n) is 9.43. The molecule has 0 aromatic heterocycles. The van der Waals surface area contributed by atoms with Crippen LogP contribution in [-0.2, 0) is 4.74 Å². The Kier molecular flexibility index (Phi) is 2.84. The number of ether oxygens (including phenoxy) is 1. The molecular weight excluding hydrogens is 194 g/mol. The molecule has 2 unspecified atom stereocenters. The molecule has 2 nitrogen and oxygen atoms in total. The molecule has 2 heterocycles. The van der Waals surface area contributed by atoms with Gasteiger partial charge in [0.15, 0.2) is 0 Å². The second kappa shape index (κ2) is 3.69. The number of hydrogen-bond acceptors (Lipinski definition) is 3. The maximum atomic E-state index is 5.96. The fraction of sp³-hybridized carbons (Fsp3) is 1.00. The first-order valence-corrected chi connectivity index (χ1v) is 6.62. The van der Waals surface area contributed by atoms with Gasteiger partial charge in [0.05, 0.1) is 6.61 Å². The number of thioether (sulfide) groups is 1. The smallest absolute Gasteiger partial charge is 0.128 e. The molecule has 0 aromatic carbocycles. The van der Waals surface area contributed by atoms with Crippen molar-refractivity contribution < 1.29 is 4.74 Å². The van der Waals surface area contributed by atoms with Gasteiger partial charge in [-0.1, -0.05) is 6.42 Å². The fourth-order valence-corrected chi connectivity index (χ4v) is 3.86. The van der Waals surface area contributed by atoms with Gasteiger partial charge in [-0.2, -0.15) is 11.8 Å². The molecule has 14 heavy (non-hydrogen) atoms. The summed E-state index contributed by atoms with van der Waals surface area (Å²) < 4.78 is 5.96. The third kappa shape index (κ3) is 2.10. The highest BCUT2D eigenvalue weighted by Crippen LogP contribution is 2.37. The number of hydrogen-bond donors (Lipinski definition) is 1. The number of rotatable bonds is 1. The maximum Gasteiger partial charge on any atom is 0.128 e. The van der Waals surface area contributed by atoms with Crippen LogP contribution in [0.15, 0.2) is 0 Å². The van der Waals surface area contributed by atoms with Crippen molar-refractivity contribution in [2.24, 2.45) is 0 Å². The molecule has 2 rings (SSSR count). The molecule has 3 heteroatoms. The van der Waals surface area contributed by atoms with Crippen molar-refractivity contribution in [2.45, 2.75) is 56.5 Å². The van der Waals surface area contributed by atoms with Crippen molar-refractivity contribution in [1.29, 1.82) is 0 Å². The van der Waals surface area contributed by atoms with Crippen LogP contribution in [0.25, 0.3) is 0 Å². The fourth-order valence-electron chi connectivity index (χ4n) is 2.42. The van der Waals surface area contributed by atoms with E-state index in [4.69, 9.17) is 4.74 Å². The van der Waals surface area contributed by atoms with Crippen LogP contribution in [0.4, 0.5) is 0 Å². The SMILES string of the molecule is CC1(C)COC(C)(C2CCCCS2)N1. The molecule has 0 saturated carbocycles. The summed E-state index contributed by atoms with van der Waals surface area (Å²) in [6, 6.07) is 0. The van der Waals surface area contributed by atoms with Crippen molar-refractivity contribution in [1.82, 2.24) is 5.32 Å². The van der Waals surface area contributed by atoms with Gasteiger partial charge < -0.3 is 4.74 Å². The van der Waals surface area contributed by atoms with Gasteiger partial charge in [-0.25, -0.2) is 0 Å². The standard InChI is InChI=1S/C11H21NOS/c1-10(2)8-13-11(3,12-10)9-6-4-5-7-14-9/h9,12H,4-8H2,1-3H3. The van der Waals surface area contributed by atoms with Crippen molar-refractivity contribution in [3.63, 3.8) is 0 Å². The Morgan fingerprint density at radius 1 is 1.29 bits per heavy atom. The van der Waals surface area contributed by atoms with E-state index in [1.54, 1.807) is 0 Å². The zero-order valence-corrected chi connectivity index (χ0v) is 10.2. The summed E-state index contributed by atoms with van der Waals surface area (Å²) in [6.07, 6.45) is 4.03. The van der Waals surface area contributed by atoms with Gasteiger partial charge in [0, 0.05) is 10.8 Å². The molecule has 2 aliphatic rings. The molecule has 0 amide bonds. The van der Waals surface area contributed by atoms with Gasteiger partial charge >= 0.3 is 0 Å². The van der Waals surface area contributed by atoms with E-state index in [0.29, 0.717) is 5.25 Å². The van der Waals surface area contributed by atoms with Gasteiger partial charge in [-0.15, -0.1) is 0 Å². The maximum absolute atomic E-state index is 5.96. The summed E-state index contributed by atoms with van der Waals surface area (Å²) in [4.78, 5) is 0. The number of nitrogens with one attached hydrogen (secondary N) is 1. The van der Waals surface area contributed by atoms with Gasteiger partial charge in [-0.05, 0) is 39.4 Å². The summed E-state index contributed by atoms with van der Waals surface area (Å²) in [7, 11) is 0. The lowest BCUT2D eigenvalue weighted by Gasteiger charge is -2.36. The first-order valence-electron chi connectivity index (χ1n) is 5.57. The largest absolute Gasteiger partial charge is 0.358 e. The Hall–Kier alpha value is 0.270. The molecule has 0 spiro atoms. The molecule has 2 aliphatic heterocycles. The lowest BCUT2D eigenvalue weighted by Crippen LogP contribution is -2.53. The van der Waals surface area contributed by atoms with Gasteiger partial charge in [0.1, 0.15) is 5.72 Å². The van der Waals surface area contributed by atoms with E-state index in [1.165, 1.54) is 25.0 Å². The van der Waals surface area contributed by atoms with Crippen molar-refractivity contribution in [3.8, 4) is 0 Å². The molecule has 0 bridgehead atoms. The molecule has 2 saturated heterocycles. The summed E-state index contributed by atoms with van der Waals surface area (Å²) in [5, 5.41) is 4.27. The molecule has 0 radical (unpaired) electrons. The average Bonchev–Trinajstić information content (AvgIpc) is 2.44. The molecule has 1 N–H and O–H groups in total. The quantitative estimate of drug-likeness (QED) is 0.725. The lowest BCUT2D eigenvalue weighted by molar-refractivity contribution is 0.00201. The third-order valence-corrected chi connectivity index (χ3v) is 4.73. The average molecular weight is 215 g/mol. The first kappa shape index (κ1) is 10.8. The van der Waals surface area contributed by atoms with Crippen LogP contribution in [0.5, 0.6) is 0 Å². The van der Waals surface area contributed by atoms with Crippen LogP contribution < -0.4 is 5.32 Å². The summed E-state index contributed by atoms with van der Waals surface area (Å²) in [5.74, 6) is 1.30. The summed E-state index contributed by atoms with van der Waals surface area (Å²) >= 11 is 2.07. The molecule has 2 fully saturated rings. The van der Waals surface area contributed by atoms with Crippen LogP contribution in [0.1, 0.15) is 40.0 Å². The normalized spacial score (nSPS) is 42.6. The van der Waals surface area contributed by atoms with E-state index in [2.05, 4.69) is 37.8 Å². The van der Waals surface area contributed by atoms with Crippen LogP contribution in [0.2, 0.25) is 0 Å². The summed E-state index contributed by atoms with van der Waals surface area (Å²) in [5.41, 5.74) is 0.0569. The van der Waals surface area contributed by atoms with E-state index in [9.17, 15) is 0 Å². The minimum absolute atomic E-state index is 0.0887. The van der Waals surface area contributed by atoms with E-state index in [1.807, 2.05) is 0 Å². The summed E-state index contributed by atoms with van der Waals surface area (Å²) in [6.45, 7) is 7.47. The Bertz CT molecular complexity index is 213. The molecular formula is C11H21NOS. The topological polar surface area (TPSA) is 21.3 Å². The highest BCUT2D eigenvalue weighted by atomic mass is 32.2. The minimum Gasteiger partial charge on any atom is -0.358 e. The van der Waals surface area contributed by atoms with Crippen molar-refractivity contribution in [3.05, 3.63) is 0 Å². The van der Waals surface area contributed by atoms with Gasteiger partial charge in [0.25, 0.3) is 0 Å². The van der Waals surface area contributed by atoms with E-state index in [0.717, 1.165) is 6.61 Å². The minimum atomic E-state index is -0.0887. The molecule has 0 aromatic rings. The van der Waals surface area contributed by atoms with Crippen LogP contribution in [0.3, 0.4) is 0 Å². The monoisotopic (exact) mass is 215 g/mol. The van der Waals surface area contributed by atoms with Crippen LogP contribution in [-0.4, -0.2) is 28.9 Å². The predicted octanol–water partition coefficient (Wildman–Crippen LogP) is 2.39. The molecule has 82 valence electrons. The Morgan fingerprint density at radius 3 is 2.57 bits per heavy atom. The Morgan fingerprint density at radius 2 is 2.07 bits per heavy atom. The van der Waals surface area contributed by atoms with E-state index < -0.39 is 0 Å².